The number of benzene rings is 2. The number of thiazole rings is 1. The average molecular weight is 449 g/mol. The molecule has 1 heterocycles. The summed E-state index contributed by atoms with van der Waals surface area (Å²) < 4.78 is 18.2. The molecule has 0 radical (unpaired) electrons. The van der Waals surface area contributed by atoms with E-state index in [1.54, 1.807) is 38.3 Å². The first-order chi connectivity index (χ1) is 14.5. The fourth-order valence-electron chi connectivity index (χ4n) is 2.89. The molecule has 0 unspecified atom stereocenters. The minimum absolute atomic E-state index is 0.271. The average Bonchev–Trinajstić information content (AvgIpc) is 3.08. The van der Waals surface area contributed by atoms with Gasteiger partial charge in [-0.1, -0.05) is 22.9 Å². The highest BCUT2D eigenvalue weighted by molar-refractivity contribution is 7.16. The molecule has 0 fully saturated rings. The lowest BCUT2D eigenvalue weighted by Gasteiger charge is -2.06. The van der Waals surface area contributed by atoms with E-state index in [9.17, 15) is 9.59 Å². The minimum atomic E-state index is -0.474. The van der Waals surface area contributed by atoms with Crippen LogP contribution in [0.15, 0.2) is 41.4 Å². The van der Waals surface area contributed by atoms with Crippen LogP contribution in [-0.2, 0) is 16.0 Å². The van der Waals surface area contributed by atoms with Crippen molar-refractivity contribution in [1.82, 2.24) is 4.57 Å². The highest BCUT2D eigenvalue weighted by Gasteiger charge is 2.15. The van der Waals surface area contributed by atoms with Gasteiger partial charge in [0.15, 0.2) is 4.80 Å². The van der Waals surface area contributed by atoms with Crippen LogP contribution < -0.4 is 9.54 Å². The summed E-state index contributed by atoms with van der Waals surface area (Å²) >= 11 is 7.35. The van der Waals surface area contributed by atoms with Gasteiger partial charge in [-0.25, -0.2) is 4.79 Å². The fourth-order valence-corrected chi connectivity index (χ4v) is 4.16. The summed E-state index contributed by atoms with van der Waals surface area (Å²) in [7, 11) is 3.09. The van der Waals surface area contributed by atoms with E-state index in [4.69, 9.17) is 25.8 Å². The summed E-state index contributed by atoms with van der Waals surface area (Å²) in [5.41, 5.74) is 1.56. The molecule has 30 heavy (non-hydrogen) atoms. The summed E-state index contributed by atoms with van der Waals surface area (Å²) in [6.07, 6.45) is 0. The highest BCUT2D eigenvalue weighted by Crippen LogP contribution is 2.24. The largest absolute Gasteiger partial charge is 0.496 e. The number of carbonyl (C=O) groups excluding carboxylic acids is 2. The van der Waals surface area contributed by atoms with E-state index in [0.29, 0.717) is 40.9 Å². The Bertz CT molecular complexity index is 1150. The van der Waals surface area contributed by atoms with Gasteiger partial charge in [0.1, 0.15) is 5.75 Å². The van der Waals surface area contributed by atoms with E-state index in [-0.39, 0.29) is 5.56 Å². The summed E-state index contributed by atoms with van der Waals surface area (Å²) in [4.78, 5) is 29.8. The van der Waals surface area contributed by atoms with Crippen LogP contribution in [0.4, 0.5) is 0 Å². The molecular formula is C21H21ClN2O5S. The van der Waals surface area contributed by atoms with Gasteiger partial charge in [-0.3, -0.25) is 4.79 Å². The van der Waals surface area contributed by atoms with Crippen LogP contribution in [0.2, 0.25) is 5.02 Å². The maximum atomic E-state index is 12.9. The molecule has 0 aliphatic rings. The second-order valence-corrected chi connectivity index (χ2v) is 7.64. The lowest BCUT2D eigenvalue weighted by molar-refractivity contribution is 0.0526. The van der Waals surface area contributed by atoms with Crippen molar-refractivity contribution in [3.63, 3.8) is 0 Å². The maximum Gasteiger partial charge on any atom is 0.338 e. The van der Waals surface area contributed by atoms with Gasteiger partial charge in [0.25, 0.3) is 5.91 Å². The Morgan fingerprint density at radius 2 is 1.97 bits per heavy atom. The van der Waals surface area contributed by atoms with Gasteiger partial charge < -0.3 is 18.8 Å². The Morgan fingerprint density at radius 1 is 1.17 bits per heavy atom. The predicted octanol–water partition coefficient (Wildman–Crippen LogP) is 3.93. The molecule has 9 heteroatoms. The Labute approximate surface area is 182 Å². The van der Waals surface area contributed by atoms with Crippen molar-refractivity contribution in [1.29, 1.82) is 0 Å². The van der Waals surface area contributed by atoms with Crippen molar-refractivity contribution in [2.45, 2.75) is 13.5 Å². The second-order valence-electron chi connectivity index (χ2n) is 6.19. The quantitative estimate of drug-likeness (QED) is 0.512. The molecule has 0 atom stereocenters. The van der Waals surface area contributed by atoms with E-state index < -0.39 is 11.9 Å². The summed E-state index contributed by atoms with van der Waals surface area (Å²) in [5, 5.41) is 0.414. The molecule has 3 aromatic rings. The Kier molecular flexibility index (Phi) is 7.25. The number of ether oxygens (including phenoxy) is 3. The number of methoxy groups -OCH3 is 2. The molecule has 0 saturated heterocycles. The van der Waals surface area contributed by atoms with Crippen molar-refractivity contribution in [3.8, 4) is 5.75 Å². The number of hydrogen-bond acceptors (Lipinski definition) is 6. The van der Waals surface area contributed by atoms with Gasteiger partial charge in [-0.05, 0) is 43.3 Å². The van der Waals surface area contributed by atoms with Crippen LogP contribution in [-0.4, -0.2) is 43.9 Å². The number of amides is 1. The first-order valence-electron chi connectivity index (χ1n) is 9.20. The summed E-state index contributed by atoms with van der Waals surface area (Å²) in [6.45, 7) is 2.99. The molecule has 3 rings (SSSR count). The van der Waals surface area contributed by atoms with Crippen molar-refractivity contribution in [3.05, 3.63) is 57.3 Å². The molecule has 1 amide bonds. The fraction of sp³-hybridized carbons (Fsp3) is 0.286. The zero-order valence-electron chi connectivity index (χ0n) is 16.8. The third-order valence-electron chi connectivity index (χ3n) is 4.30. The van der Waals surface area contributed by atoms with Crippen LogP contribution >= 0.6 is 22.9 Å². The van der Waals surface area contributed by atoms with Crippen LogP contribution in [0.5, 0.6) is 5.75 Å². The van der Waals surface area contributed by atoms with Gasteiger partial charge >= 0.3 is 5.97 Å². The Morgan fingerprint density at radius 3 is 2.67 bits per heavy atom. The molecule has 0 saturated carbocycles. The number of rotatable bonds is 7. The van der Waals surface area contributed by atoms with Crippen molar-refractivity contribution in [2.75, 3.05) is 27.4 Å². The lowest BCUT2D eigenvalue weighted by Crippen LogP contribution is -2.19. The molecule has 0 bridgehead atoms. The zero-order chi connectivity index (χ0) is 21.7. The summed E-state index contributed by atoms with van der Waals surface area (Å²) in [6, 6.07) is 10.1. The standard InChI is InChI=1S/C21H21ClN2O5S/c1-4-29-20(26)13-5-7-16-18(11-13)30-21(24(16)9-10-27-2)23-19(25)15-12-14(22)6-8-17(15)28-3/h5-8,11-12H,4,9-10H2,1-3H3. The van der Waals surface area contributed by atoms with Crippen LogP contribution in [0.3, 0.4) is 0 Å². The molecule has 0 N–H and O–H groups in total. The molecule has 7 nitrogen and oxygen atoms in total. The number of esters is 1. The number of nitrogens with zero attached hydrogens (tertiary/aromatic N) is 2. The Hall–Kier alpha value is -2.68. The van der Waals surface area contributed by atoms with E-state index in [2.05, 4.69) is 4.99 Å². The first kappa shape index (κ1) is 22.0. The smallest absolute Gasteiger partial charge is 0.338 e. The first-order valence-corrected chi connectivity index (χ1v) is 10.4. The number of hydrogen-bond donors (Lipinski definition) is 0. The van der Waals surface area contributed by atoms with Gasteiger partial charge in [-0.15, -0.1) is 0 Å². The molecular weight excluding hydrogens is 428 g/mol. The van der Waals surface area contributed by atoms with Gasteiger partial charge in [-0.2, -0.15) is 4.99 Å². The van der Waals surface area contributed by atoms with Crippen LogP contribution in [0.1, 0.15) is 27.6 Å². The number of aromatic nitrogens is 1. The molecule has 158 valence electrons. The molecule has 0 spiro atoms. The second kappa shape index (κ2) is 9.88. The van der Waals surface area contributed by atoms with Crippen LogP contribution in [0, 0.1) is 0 Å². The zero-order valence-corrected chi connectivity index (χ0v) is 18.4. The highest BCUT2D eigenvalue weighted by atomic mass is 35.5. The van der Waals surface area contributed by atoms with Crippen molar-refractivity contribution < 1.29 is 23.8 Å². The normalized spacial score (nSPS) is 11.7. The molecule has 0 aliphatic carbocycles. The van der Waals surface area contributed by atoms with E-state index >= 15 is 0 Å². The van der Waals surface area contributed by atoms with E-state index in [0.717, 1.165) is 10.2 Å². The van der Waals surface area contributed by atoms with Gasteiger partial charge in [0.05, 0.1) is 41.7 Å². The summed E-state index contributed by atoms with van der Waals surface area (Å²) in [5.74, 6) is -0.477. The third kappa shape index (κ3) is 4.72. The number of halogens is 1. The monoisotopic (exact) mass is 448 g/mol. The number of fused-ring (bicyclic) bond motifs is 1. The Balaban J connectivity index is 2.12. The molecule has 0 aliphatic heterocycles. The SMILES string of the molecule is CCOC(=O)c1ccc2c(c1)sc(=NC(=O)c1cc(Cl)ccc1OC)n2CCOC. The number of carbonyl (C=O) groups is 2. The minimum Gasteiger partial charge on any atom is -0.496 e. The van der Waals surface area contributed by atoms with E-state index in [1.807, 2.05) is 10.6 Å². The third-order valence-corrected chi connectivity index (χ3v) is 5.58. The van der Waals surface area contributed by atoms with E-state index in [1.165, 1.54) is 24.5 Å². The molecule has 1 aromatic heterocycles. The van der Waals surface area contributed by atoms with Crippen molar-refractivity contribution in [2.24, 2.45) is 4.99 Å². The maximum absolute atomic E-state index is 12.9. The molecule has 2 aromatic carbocycles. The lowest BCUT2D eigenvalue weighted by atomic mass is 10.2. The van der Waals surface area contributed by atoms with Gasteiger partial charge in [0.2, 0.25) is 0 Å². The topological polar surface area (TPSA) is 79.1 Å². The van der Waals surface area contributed by atoms with Crippen LogP contribution in [0.25, 0.3) is 10.2 Å². The van der Waals surface area contributed by atoms with Gasteiger partial charge in [0, 0.05) is 18.7 Å². The predicted molar refractivity (Wildman–Crippen MR) is 116 cm³/mol. The van der Waals surface area contributed by atoms with Crippen molar-refractivity contribution >= 4 is 45.0 Å².